The normalized spacial score (nSPS) is 29.2. The third kappa shape index (κ3) is 2.30. The maximum atomic E-state index is 9.52. The first-order valence-electron chi connectivity index (χ1n) is 6.35. The lowest BCUT2D eigenvalue weighted by Crippen LogP contribution is -2.37. The quantitative estimate of drug-likeness (QED) is 0.824. The molecule has 16 heavy (non-hydrogen) atoms. The van der Waals surface area contributed by atoms with Crippen molar-refractivity contribution in [1.82, 2.24) is 0 Å². The van der Waals surface area contributed by atoms with Crippen molar-refractivity contribution < 1.29 is 5.11 Å². The summed E-state index contributed by atoms with van der Waals surface area (Å²) in [5, 5.41) is 9.52. The van der Waals surface area contributed by atoms with E-state index in [9.17, 15) is 5.11 Å². The maximum absolute atomic E-state index is 9.52. The first-order chi connectivity index (χ1) is 7.58. The van der Waals surface area contributed by atoms with Gasteiger partial charge in [-0.3, -0.25) is 0 Å². The van der Waals surface area contributed by atoms with Crippen molar-refractivity contribution in [2.75, 3.05) is 0 Å². The SMILES string of the molecule is CC(C)Cc1ccc(C2CC(O)C2C)cc1. The van der Waals surface area contributed by atoms with Gasteiger partial charge in [-0.15, -0.1) is 0 Å². The van der Waals surface area contributed by atoms with Crippen LogP contribution in [0.3, 0.4) is 0 Å². The molecule has 1 N–H and O–H groups in total. The highest BCUT2D eigenvalue weighted by molar-refractivity contribution is 5.28. The second kappa shape index (κ2) is 4.58. The van der Waals surface area contributed by atoms with Gasteiger partial charge >= 0.3 is 0 Å². The fourth-order valence-corrected chi connectivity index (χ4v) is 2.57. The van der Waals surface area contributed by atoms with Gasteiger partial charge in [0.1, 0.15) is 0 Å². The topological polar surface area (TPSA) is 20.2 Å². The summed E-state index contributed by atoms with van der Waals surface area (Å²) < 4.78 is 0. The fraction of sp³-hybridized carbons (Fsp3) is 0.600. The predicted molar refractivity (Wildman–Crippen MR) is 67.5 cm³/mol. The van der Waals surface area contributed by atoms with Gasteiger partial charge in [-0.1, -0.05) is 45.0 Å². The Bertz CT molecular complexity index is 339. The molecule has 1 heteroatoms. The van der Waals surface area contributed by atoms with Gasteiger partial charge in [0, 0.05) is 0 Å². The van der Waals surface area contributed by atoms with Gasteiger partial charge < -0.3 is 5.11 Å². The van der Waals surface area contributed by atoms with Gasteiger partial charge in [0.15, 0.2) is 0 Å². The largest absolute Gasteiger partial charge is 0.393 e. The lowest BCUT2D eigenvalue weighted by atomic mass is 9.69. The molecule has 1 saturated carbocycles. The molecule has 0 aliphatic heterocycles. The van der Waals surface area contributed by atoms with Crippen LogP contribution in [0.2, 0.25) is 0 Å². The van der Waals surface area contributed by atoms with Crippen molar-refractivity contribution in [2.45, 2.75) is 45.6 Å². The van der Waals surface area contributed by atoms with Crippen LogP contribution in [-0.2, 0) is 6.42 Å². The van der Waals surface area contributed by atoms with Crippen LogP contribution < -0.4 is 0 Å². The van der Waals surface area contributed by atoms with E-state index >= 15 is 0 Å². The summed E-state index contributed by atoms with van der Waals surface area (Å²) in [6, 6.07) is 8.97. The molecule has 1 fully saturated rings. The zero-order valence-electron chi connectivity index (χ0n) is 10.5. The van der Waals surface area contributed by atoms with E-state index in [1.165, 1.54) is 11.1 Å². The lowest BCUT2D eigenvalue weighted by Gasteiger charge is -2.39. The van der Waals surface area contributed by atoms with Gasteiger partial charge in [0.25, 0.3) is 0 Å². The van der Waals surface area contributed by atoms with Crippen LogP contribution in [0.25, 0.3) is 0 Å². The van der Waals surface area contributed by atoms with Crippen LogP contribution >= 0.6 is 0 Å². The molecule has 1 nitrogen and oxygen atoms in total. The van der Waals surface area contributed by atoms with Crippen molar-refractivity contribution in [3.63, 3.8) is 0 Å². The van der Waals surface area contributed by atoms with E-state index in [2.05, 4.69) is 45.0 Å². The van der Waals surface area contributed by atoms with E-state index < -0.39 is 0 Å². The molecule has 1 aromatic carbocycles. The molecule has 88 valence electrons. The van der Waals surface area contributed by atoms with Crippen molar-refractivity contribution in [3.8, 4) is 0 Å². The third-order valence-electron chi connectivity index (χ3n) is 3.79. The summed E-state index contributed by atoms with van der Waals surface area (Å²) in [5.74, 6) is 1.72. The monoisotopic (exact) mass is 218 g/mol. The minimum Gasteiger partial charge on any atom is -0.393 e. The van der Waals surface area contributed by atoms with Gasteiger partial charge in [-0.25, -0.2) is 0 Å². The number of benzene rings is 1. The standard InChI is InChI=1S/C15H22O/c1-10(2)8-12-4-6-13(7-5-12)14-9-15(16)11(14)3/h4-7,10-11,14-16H,8-9H2,1-3H3. The Morgan fingerprint density at radius 3 is 2.31 bits per heavy atom. The summed E-state index contributed by atoms with van der Waals surface area (Å²) in [5.41, 5.74) is 2.82. The molecule has 1 aliphatic rings. The molecule has 0 heterocycles. The predicted octanol–water partition coefficient (Wildman–Crippen LogP) is 3.37. The molecule has 3 atom stereocenters. The number of hydrogen-bond acceptors (Lipinski definition) is 1. The van der Waals surface area contributed by atoms with E-state index in [4.69, 9.17) is 0 Å². The summed E-state index contributed by atoms with van der Waals surface area (Å²) in [7, 11) is 0. The van der Waals surface area contributed by atoms with Crippen molar-refractivity contribution in [1.29, 1.82) is 0 Å². The zero-order chi connectivity index (χ0) is 11.7. The number of aliphatic hydroxyl groups excluding tert-OH is 1. The van der Waals surface area contributed by atoms with Crippen molar-refractivity contribution >= 4 is 0 Å². The van der Waals surface area contributed by atoms with Crippen LogP contribution in [0, 0.1) is 11.8 Å². The maximum Gasteiger partial charge on any atom is 0.0577 e. The Kier molecular flexibility index (Phi) is 3.34. The van der Waals surface area contributed by atoms with Crippen LogP contribution in [0.4, 0.5) is 0 Å². The highest BCUT2D eigenvalue weighted by Gasteiger charge is 2.36. The average molecular weight is 218 g/mol. The van der Waals surface area contributed by atoms with Crippen molar-refractivity contribution in [3.05, 3.63) is 35.4 Å². The molecular formula is C15H22O. The smallest absolute Gasteiger partial charge is 0.0577 e. The number of aliphatic hydroxyl groups is 1. The van der Waals surface area contributed by atoms with Gasteiger partial charge in [-0.05, 0) is 41.7 Å². The highest BCUT2D eigenvalue weighted by Crippen LogP contribution is 2.42. The number of hydrogen-bond donors (Lipinski definition) is 1. The van der Waals surface area contributed by atoms with Gasteiger partial charge in [0.2, 0.25) is 0 Å². The molecular weight excluding hydrogens is 196 g/mol. The summed E-state index contributed by atoms with van der Waals surface area (Å²) >= 11 is 0. The molecule has 1 aliphatic carbocycles. The molecule has 0 bridgehead atoms. The summed E-state index contributed by atoms with van der Waals surface area (Å²) in [6.07, 6.45) is 2.01. The first kappa shape index (κ1) is 11.7. The fourth-order valence-electron chi connectivity index (χ4n) is 2.57. The zero-order valence-corrected chi connectivity index (χ0v) is 10.5. The highest BCUT2D eigenvalue weighted by atomic mass is 16.3. The Labute approximate surface area is 98.5 Å². The average Bonchev–Trinajstić information content (AvgIpc) is 2.26. The van der Waals surface area contributed by atoms with E-state index in [-0.39, 0.29) is 6.10 Å². The van der Waals surface area contributed by atoms with E-state index in [1.54, 1.807) is 0 Å². The Hall–Kier alpha value is -0.820. The summed E-state index contributed by atoms with van der Waals surface area (Å²) in [6.45, 7) is 6.64. The van der Waals surface area contributed by atoms with E-state index in [0.717, 1.165) is 18.8 Å². The van der Waals surface area contributed by atoms with Crippen LogP contribution in [0.5, 0.6) is 0 Å². The molecule has 0 aromatic heterocycles. The van der Waals surface area contributed by atoms with Crippen molar-refractivity contribution in [2.24, 2.45) is 11.8 Å². The molecule has 1 aromatic rings. The molecule has 0 radical (unpaired) electrons. The Balaban J connectivity index is 2.02. The Morgan fingerprint density at radius 2 is 1.88 bits per heavy atom. The first-order valence-corrected chi connectivity index (χ1v) is 6.35. The third-order valence-corrected chi connectivity index (χ3v) is 3.79. The van der Waals surface area contributed by atoms with Crippen LogP contribution in [0.15, 0.2) is 24.3 Å². The number of rotatable bonds is 3. The van der Waals surface area contributed by atoms with E-state index in [0.29, 0.717) is 11.8 Å². The van der Waals surface area contributed by atoms with Gasteiger partial charge in [-0.2, -0.15) is 0 Å². The molecule has 0 amide bonds. The molecule has 0 spiro atoms. The minimum atomic E-state index is -0.0830. The van der Waals surface area contributed by atoms with Gasteiger partial charge in [0.05, 0.1) is 6.10 Å². The minimum absolute atomic E-state index is 0.0830. The van der Waals surface area contributed by atoms with E-state index in [1.807, 2.05) is 0 Å². The van der Waals surface area contributed by atoms with Crippen LogP contribution in [0.1, 0.15) is 44.2 Å². The Morgan fingerprint density at radius 1 is 1.25 bits per heavy atom. The lowest BCUT2D eigenvalue weighted by molar-refractivity contribution is 0.0117. The van der Waals surface area contributed by atoms with Crippen LogP contribution in [-0.4, -0.2) is 11.2 Å². The summed E-state index contributed by atoms with van der Waals surface area (Å²) in [4.78, 5) is 0. The molecule has 3 unspecified atom stereocenters. The molecule has 2 rings (SSSR count). The second-order valence-electron chi connectivity index (χ2n) is 5.61. The molecule has 0 saturated heterocycles. The second-order valence-corrected chi connectivity index (χ2v) is 5.61.